The molecule has 1 aliphatic heterocycles. The highest BCUT2D eigenvalue weighted by Crippen LogP contribution is 2.29. The topological polar surface area (TPSA) is 6.48 Å². The average molecular weight is 367 g/mol. The molecule has 0 bridgehead atoms. The van der Waals surface area contributed by atoms with Crippen LogP contribution in [0.2, 0.25) is 0 Å². The maximum absolute atomic E-state index is 2.62. The number of fused-ring (bicyclic) bond motifs is 2. The van der Waals surface area contributed by atoms with Crippen LogP contribution < -0.4 is 0 Å². The fourth-order valence-corrected chi connectivity index (χ4v) is 4.45. The van der Waals surface area contributed by atoms with E-state index in [9.17, 15) is 0 Å². The molecule has 2 heteroatoms. The van der Waals surface area contributed by atoms with Gasteiger partial charge in [-0.15, -0.1) is 0 Å². The maximum Gasteiger partial charge on any atom is 0.0247 e. The van der Waals surface area contributed by atoms with Gasteiger partial charge in [0.25, 0.3) is 0 Å². The molecule has 0 radical (unpaired) electrons. The monoisotopic (exact) mass is 366 g/mol. The second-order valence-corrected chi connectivity index (χ2v) is 7.84. The van der Waals surface area contributed by atoms with Gasteiger partial charge in [0.1, 0.15) is 0 Å². The van der Waals surface area contributed by atoms with Crippen LogP contribution in [0.15, 0.2) is 84.9 Å². The first-order valence-corrected chi connectivity index (χ1v) is 10.2. The lowest BCUT2D eigenvalue weighted by Gasteiger charge is -2.35. The van der Waals surface area contributed by atoms with Crippen molar-refractivity contribution in [3.8, 4) is 0 Å². The summed E-state index contributed by atoms with van der Waals surface area (Å²) >= 11 is 0. The summed E-state index contributed by atoms with van der Waals surface area (Å²) in [5.41, 5.74) is 2.89. The molecule has 1 aliphatic rings. The summed E-state index contributed by atoms with van der Waals surface area (Å²) in [6.45, 7) is 6.62. The summed E-state index contributed by atoms with van der Waals surface area (Å²) in [6, 6.07) is 30.8. The van der Waals surface area contributed by atoms with Crippen molar-refractivity contribution in [2.45, 2.75) is 13.1 Å². The fourth-order valence-electron chi connectivity index (χ4n) is 4.45. The van der Waals surface area contributed by atoms with E-state index < -0.39 is 0 Å². The molecule has 4 aromatic carbocycles. The second-order valence-electron chi connectivity index (χ2n) is 7.84. The molecule has 1 heterocycles. The highest BCUT2D eigenvalue weighted by molar-refractivity contribution is 6.02. The van der Waals surface area contributed by atoms with Crippen LogP contribution in [0.1, 0.15) is 11.1 Å². The smallest absolute Gasteiger partial charge is 0.0247 e. The quantitative estimate of drug-likeness (QED) is 0.452. The average Bonchev–Trinajstić information content (AvgIpc) is 2.75. The molecular weight excluding hydrogens is 340 g/mol. The molecule has 1 fully saturated rings. The van der Waals surface area contributed by atoms with E-state index in [0.29, 0.717) is 0 Å². The van der Waals surface area contributed by atoms with Gasteiger partial charge in [0.05, 0.1) is 0 Å². The molecule has 0 aliphatic carbocycles. The number of hydrogen-bond acceptors (Lipinski definition) is 2. The van der Waals surface area contributed by atoms with Gasteiger partial charge in [-0.1, -0.05) is 78.9 Å². The molecule has 0 N–H and O–H groups in total. The fraction of sp³-hybridized carbons (Fsp3) is 0.231. The summed E-state index contributed by atoms with van der Waals surface area (Å²) in [6.07, 6.45) is 0. The lowest BCUT2D eigenvalue weighted by Crippen LogP contribution is -2.45. The summed E-state index contributed by atoms with van der Waals surface area (Å²) in [5, 5.41) is 5.48. The Morgan fingerprint density at radius 3 is 1.64 bits per heavy atom. The van der Waals surface area contributed by atoms with Crippen LogP contribution in [0, 0.1) is 0 Å². The van der Waals surface area contributed by atoms with Gasteiger partial charge in [-0.2, -0.15) is 0 Å². The van der Waals surface area contributed by atoms with Crippen molar-refractivity contribution >= 4 is 21.5 Å². The normalized spacial score (nSPS) is 16.0. The van der Waals surface area contributed by atoms with Gasteiger partial charge in [0.2, 0.25) is 0 Å². The van der Waals surface area contributed by atoms with Crippen molar-refractivity contribution in [2.24, 2.45) is 0 Å². The first-order valence-electron chi connectivity index (χ1n) is 10.2. The molecule has 1 saturated heterocycles. The minimum Gasteiger partial charge on any atom is -0.297 e. The summed E-state index contributed by atoms with van der Waals surface area (Å²) in [4.78, 5) is 5.20. The number of hydrogen-bond donors (Lipinski definition) is 0. The van der Waals surface area contributed by atoms with Crippen molar-refractivity contribution in [1.29, 1.82) is 0 Å². The molecule has 2 nitrogen and oxygen atoms in total. The van der Waals surface area contributed by atoms with Crippen LogP contribution in [0.25, 0.3) is 21.5 Å². The van der Waals surface area contributed by atoms with Crippen molar-refractivity contribution in [2.75, 3.05) is 26.2 Å². The van der Waals surface area contributed by atoms with Gasteiger partial charge in [0, 0.05) is 39.3 Å². The van der Waals surface area contributed by atoms with Gasteiger partial charge < -0.3 is 0 Å². The van der Waals surface area contributed by atoms with Crippen molar-refractivity contribution in [1.82, 2.24) is 9.80 Å². The molecule has 0 spiro atoms. The van der Waals surface area contributed by atoms with Gasteiger partial charge in [-0.05, 0) is 38.7 Å². The standard InChI is InChI=1S/C26H26N2/c1-2-8-21(9-3-1)19-27-14-16-28(17-15-27)20-26-24-12-6-4-10-22(24)18-23-11-5-7-13-25(23)26/h1-13,18H,14-17,19-20H2. The Hall–Kier alpha value is -2.68. The molecule has 0 amide bonds. The zero-order valence-corrected chi connectivity index (χ0v) is 16.2. The van der Waals surface area contributed by atoms with Crippen LogP contribution in [0.4, 0.5) is 0 Å². The molecule has 0 unspecified atom stereocenters. The Balaban J connectivity index is 1.36. The van der Waals surface area contributed by atoms with Crippen LogP contribution in [0.5, 0.6) is 0 Å². The summed E-state index contributed by atoms with van der Waals surface area (Å²) < 4.78 is 0. The Morgan fingerprint density at radius 2 is 1.04 bits per heavy atom. The van der Waals surface area contributed by atoms with E-state index >= 15 is 0 Å². The molecular formula is C26H26N2. The third-order valence-electron chi connectivity index (χ3n) is 5.98. The SMILES string of the molecule is c1ccc(CN2CCN(Cc3c4ccccc4cc4ccccc34)CC2)cc1. The highest BCUT2D eigenvalue weighted by atomic mass is 15.3. The van der Waals surface area contributed by atoms with E-state index in [1.165, 1.54) is 32.7 Å². The minimum atomic E-state index is 1.03. The van der Waals surface area contributed by atoms with Crippen molar-refractivity contribution in [3.63, 3.8) is 0 Å². The maximum atomic E-state index is 2.62. The lowest BCUT2D eigenvalue weighted by atomic mass is 9.96. The Kier molecular flexibility index (Phi) is 4.82. The molecule has 140 valence electrons. The molecule has 0 aromatic heterocycles. The number of rotatable bonds is 4. The lowest BCUT2D eigenvalue weighted by molar-refractivity contribution is 0.122. The summed E-state index contributed by atoms with van der Waals surface area (Å²) in [5.74, 6) is 0. The first kappa shape index (κ1) is 17.4. The van der Waals surface area contributed by atoms with Gasteiger partial charge in [-0.3, -0.25) is 9.80 Å². The zero-order chi connectivity index (χ0) is 18.8. The van der Waals surface area contributed by atoms with Gasteiger partial charge in [0.15, 0.2) is 0 Å². The molecule has 4 aromatic rings. The van der Waals surface area contributed by atoms with Crippen LogP contribution in [0.3, 0.4) is 0 Å². The predicted octanol–water partition coefficient (Wildman–Crippen LogP) is 5.31. The minimum absolute atomic E-state index is 1.03. The number of benzene rings is 4. The predicted molar refractivity (Wildman–Crippen MR) is 118 cm³/mol. The van der Waals surface area contributed by atoms with E-state index in [4.69, 9.17) is 0 Å². The Bertz CT molecular complexity index is 1030. The third-order valence-corrected chi connectivity index (χ3v) is 5.98. The van der Waals surface area contributed by atoms with Crippen LogP contribution in [-0.2, 0) is 13.1 Å². The van der Waals surface area contributed by atoms with E-state index in [-0.39, 0.29) is 0 Å². The Morgan fingerprint density at radius 1 is 0.536 bits per heavy atom. The largest absolute Gasteiger partial charge is 0.297 e. The number of piperazine rings is 1. The first-order chi connectivity index (χ1) is 13.9. The second kappa shape index (κ2) is 7.75. The van der Waals surface area contributed by atoms with Gasteiger partial charge in [-0.25, -0.2) is 0 Å². The number of nitrogens with zero attached hydrogens (tertiary/aromatic N) is 2. The van der Waals surface area contributed by atoms with E-state index in [1.54, 1.807) is 0 Å². The molecule has 5 rings (SSSR count). The Labute approximate surface area is 167 Å². The van der Waals surface area contributed by atoms with Crippen molar-refractivity contribution in [3.05, 3.63) is 96.1 Å². The third kappa shape index (κ3) is 3.54. The molecule has 0 atom stereocenters. The van der Waals surface area contributed by atoms with E-state index in [0.717, 1.165) is 39.3 Å². The van der Waals surface area contributed by atoms with Crippen LogP contribution in [-0.4, -0.2) is 36.0 Å². The zero-order valence-electron chi connectivity index (χ0n) is 16.2. The van der Waals surface area contributed by atoms with E-state index in [2.05, 4.69) is 94.7 Å². The van der Waals surface area contributed by atoms with Crippen molar-refractivity contribution < 1.29 is 0 Å². The van der Waals surface area contributed by atoms with Gasteiger partial charge >= 0.3 is 0 Å². The van der Waals surface area contributed by atoms with Crippen LogP contribution >= 0.6 is 0 Å². The summed E-state index contributed by atoms with van der Waals surface area (Å²) in [7, 11) is 0. The van der Waals surface area contributed by atoms with E-state index in [1.807, 2.05) is 0 Å². The highest BCUT2D eigenvalue weighted by Gasteiger charge is 2.19. The molecule has 0 saturated carbocycles. The molecule has 28 heavy (non-hydrogen) atoms.